The molecule has 0 unspecified atom stereocenters. The summed E-state index contributed by atoms with van der Waals surface area (Å²) in [6.07, 6.45) is 6.20. The van der Waals surface area contributed by atoms with Gasteiger partial charge in [-0.25, -0.2) is 0 Å². The van der Waals surface area contributed by atoms with E-state index in [0.29, 0.717) is 17.7 Å². The van der Waals surface area contributed by atoms with Crippen LogP contribution in [0.1, 0.15) is 60.0 Å². The highest BCUT2D eigenvalue weighted by atomic mass is 16.2. The molecule has 4 aliphatic heterocycles. The summed E-state index contributed by atoms with van der Waals surface area (Å²) in [6, 6.07) is 6.41. The van der Waals surface area contributed by atoms with E-state index in [0.717, 1.165) is 25.1 Å². The topological polar surface area (TPSA) is 23.6 Å². The molecular formula is C20H26N2O. The fourth-order valence-corrected chi connectivity index (χ4v) is 5.86. The smallest absolute Gasteiger partial charge is 0.254 e. The molecule has 3 saturated heterocycles. The minimum absolute atomic E-state index is 0.0404. The second-order valence-electron chi connectivity index (χ2n) is 8.29. The monoisotopic (exact) mass is 310 g/mol. The van der Waals surface area contributed by atoms with Gasteiger partial charge in [0.05, 0.1) is 5.54 Å². The van der Waals surface area contributed by atoms with E-state index in [2.05, 4.69) is 34.9 Å². The van der Waals surface area contributed by atoms with Crippen molar-refractivity contribution in [1.29, 1.82) is 0 Å². The van der Waals surface area contributed by atoms with Crippen LogP contribution < -0.4 is 0 Å². The van der Waals surface area contributed by atoms with Crippen LogP contribution in [0.2, 0.25) is 0 Å². The van der Waals surface area contributed by atoms with Crippen LogP contribution in [0.3, 0.4) is 0 Å². The Kier molecular flexibility index (Phi) is 2.94. The molecule has 6 rings (SSSR count). The van der Waals surface area contributed by atoms with Gasteiger partial charge in [0.1, 0.15) is 0 Å². The van der Waals surface area contributed by atoms with Gasteiger partial charge in [0.25, 0.3) is 5.91 Å². The van der Waals surface area contributed by atoms with Gasteiger partial charge in [-0.15, -0.1) is 0 Å². The molecule has 0 N–H and O–H groups in total. The maximum Gasteiger partial charge on any atom is 0.254 e. The highest BCUT2D eigenvalue weighted by Crippen LogP contribution is 2.45. The van der Waals surface area contributed by atoms with Crippen LogP contribution >= 0.6 is 0 Å². The summed E-state index contributed by atoms with van der Waals surface area (Å²) in [5, 5.41) is 0. The number of benzene rings is 1. The van der Waals surface area contributed by atoms with Crippen LogP contribution in [0.25, 0.3) is 0 Å². The van der Waals surface area contributed by atoms with Crippen LogP contribution in [0.4, 0.5) is 0 Å². The van der Waals surface area contributed by atoms with Crippen molar-refractivity contribution >= 4 is 5.91 Å². The zero-order chi connectivity index (χ0) is 15.6. The van der Waals surface area contributed by atoms with Gasteiger partial charge in [0, 0.05) is 24.6 Å². The molecule has 2 bridgehead atoms. The minimum Gasteiger partial charge on any atom is -0.331 e. The van der Waals surface area contributed by atoms with Crippen molar-refractivity contribution in [1.82, 2.24) is 9.80 Å². The van der Waals surface area contributed by atoms with E-state index < -0.39 is 0 Å². The Bertz CT molecular complexity index is 662. The van der Waals surface area contributed by atoms with E-state index in [4.69, 9.17) is 0 Å². The summed E-state index contributed by atoms with van der Waals surface area (Å²) in [5.74, 6) is 1.56. The number of fused-ring (bicyclic) bond motifs is 3. The van der Waals surface area contributed by atoms with E-state index in [1.807, 2.05) is 0 Å². The van der Waals surface area contributed by atoms with E-state index in [1.165, 1.54) is 49.9 Å². The third-order valence-electron chi connectivity index (χ3n) is 7.11. The summed E-state index contributed by atoms with van der Waals surface area (Å²) in [6.45, 7) is 6.84. The molecule has 122 valence electrons. The predicted octanol–water partition coefficient (Wildman–Crippen LogP) is 3.05. The lowest BCUT2D eigenvalue weighted by Gasteiger charge is -2.58. The van der Waals surface area contributed by atoms with Crippen molar-refractivity contribution in [3.8, 4) is 0 Å². The number of hydrogen-bond donors (Lipinski definition) is 0. The predicted molar refractivity (Wildman–Crippen MR) is 90.7 cm³/mol. The summed E-state index contributed by atoms with van der Waals surface area (Å²) < 4.78 is 0. The molecule has 3 heteroatoms. The molecule has 4 heterocycles. The molecule has 0 aromatic heterocycles. The molecule has 1 aliphatic carbocycles. The third kappa shape index (κ3) is 1.89. The zero-order valence-corrected chi connectivity index (χ0v) is 14.1. The summed E-state index contributed by atoms with van der Waals surface area (Å²) in [7, 11) is 0. The maximum absolute atomic E-state index is 13.3. The van der Waals surface area contributed by atoms with E-state index >= 15 is 0 Å². The van der Waals surface area contributed by atoms with Crippen molar-refractivity contribution < 1.29 is 4.79 Å². The quantitative estimate of drug-likeness (QED) is 0.796. The van der Waals surface area contributed by atoms with Crippen LogP contribution in [0.5, 0.6) is 0 Å². The fraction of sp³-hybridized carbons (Fsp3) is 0.650. The summed E-state index contributed by atoms with van der Waals surface area (Å²) >= 11 is 0. The molecule has 1 aromatic rings. The summed E-state index contributed by atoms with van der Waals surface area (Å²) in [4.78, 5) is 18.2. The van der Waals surface area contributed by atoms with Gasteiger partial charge < -0.3 is 9.80 Å². The highest BCUT2D eigenvalue weighted by molar-refractivity contribution is 5.98. The van der Waals surface area contributed by atoms with Crippen LogP contribution in [-0.2, 0) is 6.42 Å². The molecule has 2 atom stereocenters. The van der Waals surface area contributed by atoms with Crippen molar-refractivity contribution in [3.05, 3.63) is 34.9 Å². The number of nitrogens with zero attached hydrogens (tertiary/aromatic N) is 2. The van der Waals surface area contributed by atoms with Gasteiger partial charge in [-0.3, -0.25) is 4.79 Å². The first-order chi connectivity index (χ1) is 11.2. The van der Waals surface area contributed by atoms with E-state index in [1.54, 1.807) is 0 Å². The second-order valence-corrected chi connectivity index (χ2v) is 8.29. The first-order valence-corrected chi connectivity index (χ1v) is 9.33. The van der Waals surface area contributed by atoms with Crippen molar-refractivity contribution in [3.63, 3.8) is 0 Å². The molecule has 0 radical (unpaired) electrons. The molecular weight excluding hydrogens is 284 g/mol. The normalized spacial score (nSPS) is 38.6. The average molecular weight is 310 g/mol. The molecule has 0 spiro atoms. The molecule has 5 aliphatic rings. The lowest BCUT2D eigenvalue weighted by atomic mass is 9.70. The number of piperidine rings is 3. The van der Waals surface area contributed by atoms with Gasteiger partial charge in [-0.1, -0.05) is 12.1 Å². The Labute approximate surface area is 138 Å². The molecule has 3 nitrogen and oxygen atoms in total. The van der Waals surface area contributed by atoms with Crippen molar-refractivity contribution in [2.45, 2.75) is 50.5 Å². The SMILES string of the molecule is C[C@@]1(N2C[C@@H]3CCCc4cccc(c43)C2=O)CN2CCC1CC2. The Balaban J connectivity index is 1.57. The largest absolute Gasteiger partial charge is 0.331 e. The van der Waals surface area contributed by atoms with Gasteiger partial charge >= 0.3 is 0 Å². The van der Waals surface area contributed by atoms with Crippen molar-refractivity contribution in [2.75, 3.05) is 26.2 Å². The molecule has 1 amide bonds. The first kappa shape index (κ1) is 14.0. The third-order valence-corrected chi connectivity index (χ3v) is 7.11. The Morgan fingerprint density at radius 2 is 2.00 bits per heavy atom. The number of carbonyl (C=O) groups excluding carboxylic acids is 1. The first-order valence-electron chi connectivity index (χ1n) is 9.33. The van der Waals surface area contributed by atoms with Crippen LogP contribution in [-0.4, -0.2) is 47.4 Å². The van der Waals surface area contributed by atoms with Gasteiger partial charge in [0.15, 0.2) is 0 Å². The lowest BCUT2D eigenvalue weighted by Crippen LogP contribution is -2.68. The van der Waals surface area contributed by atoms with E-state index in [9.17, 15) is 4.79 Å². The highest BCUT2D eigenvalue weighted by Gasteiger charge is 2.51. The van der Waals surface area contributed by atoms with Crippen LogP contribution in [0.15, 0.2) is 18.2 Å². The molecule has 3 fully saturated rings. The Morgan fingerprint density at radius 1 is 1.17 bits per heavy atom. The van der Waals surface area contributed by atoms with E-state index in [-0.39, 0.29) is 5.54 Å². The van der Waals surface area contributed by atoms with Gasteiger partial charge in [0.2, 0.25) is 0 Å². The number of amides is 1. The summed E-state index contributed by atoms with van der Waals surface area (Å²) in [5.41, 5.74) is 3.88. The minimum atomic E-state index is 0.0404. The molecule has 1 aromatic carbocycles. The Morgan fingerprint density at radius 3 is 2.74 bits per heavy atom. The Hall–Kier alpha value is -1.35. The second kappa shape index (κ2) is 4.83. The van der Waals surface area contributed by atoms with Gasteiger partial charge in [-0.05, 0) is 75.2 Å². The van der Waals surface area contributed by atoms with Crippen molar-refractivity contribution in [2.24, 2.45) is 5.92 Å². The van der Waals surface area contributed by atoms with Gasteiger partial charge in [-0.2, -0.15) is 0 Å². The number of carbonyl (C=O) groups is 1. The maximum atomic E-state index is 13.3. The fourth-order valence-electron chi connectivity index (χ4n) is 5.86. The number of rotatable bonds is 1. The number of hydrogen-bond acceptors (Lipinski definition) is 2. The standard InChI is InChI=1S/C20H26N2O/c1-20(13-21-10-8-16(20)9-11-21)22-12-15-6-2-4-14-5-3-7-17(18(14)15)19(22)23/h3,5,7,15-16H,2,4,6,8-13H2,1H3/t15-,20+/m0/s1. The molecule has 0 saturated carbocycles. The molecule has 23 heavy (non-hydrogen) atoms. The number of aryl methyl sites for hydroxylation is 1. The lowest BCUT2D eigenvalue weighted by molar-refractivity contribution is -0.0525. The zero-order valence-electron chi connectivity index (χ0n) is 14.1. The van der Waals surface area contributed by atoms with Crippen LogP contribution in [0, 0.1) is 5.92 Å². The average Bonchev–Trinajstić information content (AvgIpc) is 2.59.